The summed E-state index contributed by atoms with van der Waals surface area (Å²) in [6.45, 7) is 3.93. The van der Waals surface area contributed by atoms with E-state index in [1.165, 1.54) is 24.3 Å². The fraction of sp³-hybridized carbons (Fsp3) is 0.105. The quantitative estimate of drug-likeness (QED) is 0.417. The zero-order valence-corrected chi connectivity index (χ0v) is 14.7. The predicted molar refractivity (Wildman–Crippen MR) is 100.0 cm³/mol. The predicted octanol–water partition coefficient (Wildman–Crippen LogP) is 3.91. The molecule has 0 spiro atoms. The monoisotopic (exact) mass is 364 g/mol. The molecule has 0 bridgehead atoms. The fourth-order valence-corrected chi connectivity index (χ4v) is 2.50. The molecule has 0 fully saturated rings. The Kier molecular flexibility index (Phi) is 5.07. The molecule has 27 heavy (non-hydrogen) atoms. The van der Waals surface area contributed by atoms with Crippen LogP contribution in [0.5, 0.6) is 0 Å². The molecule has 0 saturated heterocycles. The van der Waals surface area contributed by atoms with Crippen LogP contribution in [0.15, 0.2) is 53.0 Å². The van der Waals surface area contributed by atoms with Gasteiger partial charge in [-0.15, -0.1) is 5.10 Å². The number of rotatable bonds is 5. The summed E-state index contributed by atoms with van der Waals surface area (Å²) in [7, 11) is 0. The molecule has 0 radical (unpaired) electrons. The van der Waals surface area contributed by atoms with Gasteiger partial charge in [0.25, 0.3) is 11.6 Å². The molecule has 0 aliphatic rings. The maximum Gasteiger partial charge on any atom is 0.322 e. The van der Waals surface area contributed by atoms with Gasteiger partial charge >= 0.3 is 6.01 Å². The summed E-state index contributed by atoms with van der Waals surface area (Å²) in [4.78, 5) is 22.3. The van der Waals surface area contributed by atoms with Gasteiger partial charge in [0.1, 0.15) is 0 Å². The van der Waals surface area contributed by atoms with Crippen LogP contribution in [0.2, 0.25) is 0 Å². The van der Waals surface area contributed by atoms with Crippen molar-refractivity contribution in [2.24, 2.45) is 0 Å². The van der Waals surface area contributed by atoms with Crippen LogP contribution in [0.3, 0.4) is 0 Å². The van der Waals surface area contributed by atoms with E-state index in [-0.39, 0.29) is 11.7 Å². The second-order valence-corrected chi connectivity index (χ2v) is 5.91. The molecular weight excluding hydrogens is 348 g/mol. The Morgan fingerprint density at radius 3 is 2.74 bits per heavy atom. The molecule has 136 valence electrons. The first kappa shape index (κ1) is 18.0. The van der Waals surface area contributed by atoms with Gasteiger partial charge in [-0.05, 0) is 37.1 Å². The number of hydrogen-bond donors (Lipinski definition) is 1. The number of non-ortho nitro benzene ring substituents is 1. The van der Waals surface area contributed by atoms with Crippen LogP contribution in [0.4, 0.5) is 11.7 Å². The van der Waals surface area contributed by atoms with Gasteiger partial charge in [0.2, 0.25) is 5.89 Å². The number of nitro benzene ring substituents is 1. The van der Waals surface area contributed by atoms with E-state index < -0.39 is 10.8 Å². The normalized spacial score (nSPS) is 10.9. The molecule has 1 amide bonds. The Morgan fingerprint density at radius 1 is 1.19 bits per heavy atom. The molecule has 0 unspecified atom stereocenters. The SMILES string of the molecule is Cc1ccc(-c2nnc(NC(=O)/C=C/c3cccc([N+](=O)[O-])c3)o2)c(C)c1. The number of amides is 1. The van der Waals surface area contributed by atoms with E-state index in [2.05, 4.69) is 15.5 Å². The molecule has 3 aromatic rings. The summed E-state index contributed by atoms with van der Waals surface area (Å²) in [5.74, 6) is -0.178. The Hall–Kier alpha value is -3.81. The van der Waals surface area contributed by atoms with E-state index >= 15 is 0 Å². The first-order chi connectivity index (χ1) is 12.9. The zero-order chi connectivity index (χ0) is 19.4. The minimum absolute atomic E-state index is 0.0290. The number of hydrogen-bond acceptors (Lipinski definition) is 6. The van der Waals surface area contributed by atoms with Gasteiger partial charge < -0.3 is 4.42 Å². The Balaban J connectivity index is 1.69. The lowest BCUT2D eigenvalue weighted by Crippen LogP contribution is -2.07. The molecule has 8 heteroatoms. The summed E-state index contributed by atoms with van der Waals surface area (Å²) in [5, 5.41) is 21.0. The van der Waals surface area contributed by atoms with Crippen LogP contribution >= 0.6 is 0 Å². The fourth-order valence-electron chi connectivity index (χ4n) is 2.50. The van der Waals surface area contributed by atoms with Gasteiger partial charge in [-0.25, -0.2) is 0 Å². The number of carbonyl (C=O) groups is 1. The number of anilines is 1. The smallest absolute Gasteiger partial charge is 0.322 e. The van der Waals surface area contributed by atoms with Crippen molar-refractivity contribution in [2.75, 3.05) is 5.32 Å². The molecule has 1 aromatic heterocycles. The molecule has 1 heterocycles. The van der Waals surface area contributed by atoms with Crippen molar-refractivity contribution in [1.82, 2.24) is 10.2 Å². The second-order valence-electron chi connectivity index (χ2n) is 5.91. The van der Waals surface area contributed by atoms with Crippen LogP contribution in [0.25, 0.3) is 17.5 Å². The molecule has 0 saturated carbocycles. The number of carbonyl (C=O) groups excluding carboxylic acids is 1. The largest absolute Gasteiger partial charge is 0.403 e. The van der Waals surface area contributed by atoms with Crippen molar-refractivity contribution in [1.29, 1.82) is 0 Å². The molecule has 1 N–H and O–H groups in total. The molecule has 0 aliphatic carbocycles. The number of nitrogens with one attached hydrogen (secondary N) is 1. The maximum atomic E-state index is 12.0. The Labute approximate surface area is 154 Å². The topological polar surface area (TPSA) is 111 Å². The highest BCUT2D eigenvalue weighted by Gasteiger charge is 2.12. The van der Waals surface area contributed by atoms with E-state index in [4.69, 9.17) is 4.42 Å². The van der Waals surface area contributed by atoms with Gasteiger partial charge in [0.05, 0.1) is 4.92 Å². The highest BCUT2D eigenvalue weighted by molar-refractivity contribution is 6.00. The van der Waals surface area contributed by atoms with Crippen molar-refractivity contribution >= 4 is 23.7 Å². The maximum absolute atomic E-state index is 12.0. The minimum Gasteiger partial charge on any atom is -0.403 e. The van der Waals surface area contributed by atoms with Crippen LogP contribution in [-0.2, 0) is 4.79 Å². The summed E-state index contributed by atoms with van der Waals surface area (Å²) >= 11 is 0. The molecule has 8 nitrogen and oxygen atoms in total. The van der Waals surface area contributed by atoms with Gasteiger partial charge in [0, 0.05) is 23.8 Å². The highest BCUT2D eigenvalue weighted by atomic mass is 16.6. The van der Waals surface area contributed by atoms with Crippen LogP contribution in [0, 0.1) is 24.0 Å². The number of aryl methyl sites for hydroxylation is 2. The standard InChI is InChI=1S/C19H16N4O4/c1-12-6-8-16(13(2)10-12)18-21-22-19(27-18)20-17(24)9-7-14-4-3-5-15(11-14)23(25)26/h3-11H,1-2H3,(H,20,22,24)/b9-7+. The Bertz CT molecular complexity index is 1040. The van der Waals surface area contributed by atoms with Crippen molar-refractivity contribution in [3.05, 3.63) is 75.3 Å². The van der Waals surface area contributed by atoms with Crippen LogP contribution in [-0.4, -0.2) is 21.0 Å². The van der Waals surface area contributed by atoms with Crippen molar-refractivity contribution in [2.45, 2.75) is 13.8 Å². The van der Waals surface area contributed by atoms with Gasteiger partial charge in [-0.3, -0.25) is 20.2 Å². The first-order valence-electron chi connectivity index (χ1n) is 8.07. The van der Waals surface area contributed by atoms with Crippen molar-refractivity contribution < 1.29 is 14.1 Å². The third-order valence-electron chi connectivity index (χ3n) is 3.78. The van der Waals surface area contributed by atoms with Crippen LogP contribution in [0.1, 0.15) is 16.7 Å². The number of nitro groups is 1. The molecule has 3 rings (SSSR count). The average Bonchev–Trinajstić information content (AvgIpc) is 3.08. The first-order valence-corrected chi connectivity index (χ1v) is 8.07. The van der Waals surface area contributed by atoms with Crippen molar-refractivity contribution in [3.8, 4) is 11.5 Å². The summed E-state index contributed by atoms with van der Waals surface area (Å²) in [5.41, 5.74) is 3.38. The van der Waals surface area contributed by atoms with Crippen molar-refractivity contribution in [3.63, 3.8) is 0 Å². The summed E-state index contributed by atoms with van der Waals surface area (Å²) in [6, 6.07) is 11.7. The Morgan fingerprint density at radius 2 is 2.00 bits per heavy atom. The lowest BCUT2D eigenvalue weighted by molar-refractivity contribution is -0.384. The molecule has 0 atom stereocenters. The molecule has 2 aromatic carbocycles. The van der Waals surface area contributed by atoms with E-state index in [1.54, 1.807) is 12.1 Å². The number of nitrogens with zero attached hydrogens (tertiary/aromatic N) is 3. The molecule has 0 aliphatic heterocycles. The molecular formula is C19H16N4O4. The average molecular weight is 364 g/mol. The van der Waals surface area contributed by atoms with Gasteiger partial charge in [-0.2, -0.15) is 0 Å². The van der Waals surface area contributed by atoms with E-state index in [9.17, 15) is 14.9 Å². The third-order valence-corrected chi connectivity index (χ3v) is 3.78. The lowest BCUT2D eigenvalue weighted by atomic mass is 10.1. The van der Waals surface area contributed by atoms with Gasteiger partial charge in [-0.1, -0.05) is 34.9 Å². The highest BCUT2D eigenvalue weighted by Crippen LogP contribution is 2.24. The van der Waals surface area contributed by atoms with Gasteiger partial charge in [0.15, 0.2) is 0 Å². The number of benzene rings is 2. The summed E-state index contributed by atoms with van der Waals surface area (Å²) < 4.78 is 5.49. The lowest BCUT2D eigenvalue weighted by Gasteiger charge is -2.01. The minimum atomic E-state index is -0.496. The van der Waals surface area contributed by atoms with Crippen LogP contribution < -0.4 is 5.32 Å². The summed E-state index contributed by atoms with van der Waals surface area (Å²) in [6.07, 6.45) is 2.70. The van der Waals surface area contributed by atoms with E-state index in [0.29, 0.717) is 11.5 Å². The van der Waals surface area contributed by atoms with E-state index in [0.717, 1.165) is 16.7 Å². The van der Waals surface area contributed by atoms with E-state index in [1.807, 2.05) is 32.0 Å². The zero-order valence-electron chi connectivity index (χ0n) is 14.7. The third kappa shape index (κ3) is 4.43. The second kappa shape index (κ2) is 7.61. The number of aromatic nitrogens is 2.